The topological polar surface area (TPSA) is 241 Å². The molecule has 0 saturated carbocycles. The van der Waals surface area contributed by atoms with Gasteiger partial charge in [-0.3, -0.25) is 13.8 Å². The lowest BCUT2D eigenvalue weighted by Gasteiger charge is -2.33. The van der Waals surface area contributed by atoms with Gasteiger partial charge in [-0.25, -0.2) is 14.7 Å². The van der Waals surface area contributed by atoms with E-state index in [0.717, 1.165) is 28.5 Å². The number of nitrogens with two attached hydrogens (primary N) is 3. The number of rotatable bonds is 14. The highest BCUT2D eigenvalue weighted by Crippen LogP contribution is 2.46. The van der Waals surface area contributed by atoms with Gasteiger partial charge in [0.15, 0.2) is 11.0 Å². The predicted molar refractivity (Wildman–Crippen MR) is 163 cm³/mol. The van der Waals surface area contributed by atoms with Crippen LogP contribution in [0, 0.1) is 5.41 Å². The van der Waals surface area contributed by atoms with Crippen LogP contribution in [0.4, 0.5) is 0 Å². The van der Waals surface area contributed by atoms with Crippen LogP contribution in [0.2, 0.25) is 0 Å². The molecule has 0 amide bonds. The van der Waals surface area contributed by atoms with Crippen molar-refractivity contribution in [3.05, 3.63) is 60.1 Å². The monoisotopic (exact) mass is 641 g/mol. The van der Waals surface area contributed by atoms with E-state index >= 15 is 0 Å². The molecule has 43 heavy (non-hydrogen) atoms. The Bertz CT molecular complexity index is 1310. The minimum Gasteiger partial charge on any atom is -0.403 e. The average Bonchev–Trinajstić information content (AvgIpc) is 3.20. The Hall–Kier alpha value is -2.79. The molecule has 3 rings (SSSR count). The molecule has 1 aromatic carbocycles. The first-order valence-corrected chi connectivity index (χ1v) is 15.8. The third-order valence-corrected chi connectivity index (χ3v) is 9.46. The van der Waals surface area contributed by atoms with Crippen LogP contribution in [0.5, 0.6) is 0 Å². The third kappa shape index (κ3) is 8.44. The van der Waals surface area contributed by atoms with Crippen molar-refractivity contribution in [1.29, 1.82) is 0 Å². The molecule has 1 aromatic rings. The number of aliphatic hydroxyl groups is 3. The lowest BCUT2D eigenvalue weighted by atomic mass is 9.91. The summed E-state index contributed by atoms with van der Waals surface area (Å²) < 4.78 is 31.0. The maximum atomic E-state index is 13.7. The molecule has 1 fully saturated rings. The van der Waals surface area contributed by atoms with E-state index in [-0.39, 0.29) is 53.8 Å². The van der Waals surface area contributed by atoms with Gasteiger partial charge in [-0.1, -0.05) is 48.7 Å². The molecule has 10 N–H and O–H groups in total. The number of aliphatic imine (C=N–C) groups is 1. The molecule has 5 atom stereocenters. The zero-order valence-electron chi connectivity index (χ0n) is 24.3. The maximum Gasteiger partial charge on any atom is 0.405 e. The summed E-state index contributed by atoms with van der Waals surface area (Å²) in [6.07, 6.45) is -2.90. The van der Waals surface area contributed by atoms with Gasteiger partial charge in [0.1, 0.15) is 29.6 Å². The SMILES string of the molecule is C=C1C(N)=NC(N)=NN1/C(=C\N)C1O[C@H](COP(=O)(NCc2ccccc2)OCCSC(=O)C(C)(C)CO)[C@@H](O)[C@@]1(C)O. The number of guanidine groups is 1. The highest BCUT2D eigenvalue weighted by Gasteiger charge is 2.55. The Balaban J connectivity index is 1.72. The Morgan fingerprint density at radius 2 is 2.00 bits per heavy atom. The maximum absolute atomic E-state index is 13.7. The van der Waals surface area contributed by atoms with Crippen LogP contribution in [0.15, 0.2) is 64.6 Å². The summed E-state index contributed by atoms with van der Waals surface area (Å²) in [7, 11) is -4.05. The minimum absolute atomic E-state index is 0.0349. The lowest BCUT2D eigenvalue weighted by molar-refractivity contribution is -0.119. The Kier molecular flexibility index (Phi) is 11.6. The van der Waals surface area contributed by atoms with Gasteiger partial charge in [-0.15, -0.1) is 5.10 Å². The predicted octanol–water partition coefficient (Wildman–Crippen LogP) is 0.291. The lowest BCUT2D eigenvalue weighted by Crippen LogP contribution is -2.49. The summed E-state index contributed by atoms with van der Waals surface area (Å²) in [5.41, 5.74) is 15.6. The summed E-state index contributed by atoms with van der Waals surface area (Å²) in [4.78, 5) is 16.2. The first kappa shape index (κ1) is 34.7. The number of carbonyl (C=O) groups is 1. The van der Waals surface area contributed by atoms with Crippen LogP contribution in [-0.4, -0.2) is 86.7 Å². The van der Waals surface area contributed by atoms with Gasteiger partial charge in [0.25, 0.3) is 0 Å². The molecular weight excluding hydrogens is 601 g/mol. The molecule has 0 aromatic heterocycles. The molecule has 2 aliphatic heterocycles. The standard InChI is InChI=1S/C26H40N7O8PS/c1-16-22(28)31-24(29)32-33(16)18(12-27)21-26(4,37)20(35)19(41-21)14-40-42(38,30-13-17-8-6-5-7-9-17)39-10-11-43-23(36)25(2,3)15-34/h5-9,12,19-21,34-35,37H,1,10-11,13-15,27H2,2-4H3,(H,30,38)(H4,28,29,31,32)/b18-12-/t19-,20-,21?,26-,42?/m1/s1. The van der Waals surface area contributed by atoms with E-state index in [1.807, 2.05) is 30.3 Å². The summed E-state index contributed by atoms with van der Waals surface area (Å²) >= 11 is 0.934. The zero-order chi connectivity index (χ0) is 32.0. The number of hydrazone groups is 1. The fourth-order valence-electron chi connectivity index (χ4n) is 4.02. The van der Waals surface area contributed by atoms with Crippen LogP contribution in [0.1, 0.15) is 26.3 Å². The van der Waals surface area contributed by atoms with Crippen molar-refractivity contribution in [2.45, 2.75) is 51.2 Å². The fourth-order valence-corrected chi connectivity index (χ4v) is 6.26. The molecule has 0 radical (unpaired) electrons. The number of carbonyl (C=O) groups excluding carboxylic acids is 1. The van der Waals surface area contributed by atoms with E-state index in [4.69, 9.17) is 31.0 Å². The third-order valence-electron chi connectivity index (χ3n) is 6.72. The molecule has 2 aliphatic rings. The highest BCUT2D eigenvalue weighted by molar-refractivity contribution is 8.13. The number of hydrogen-bond acceptors (Lipinski definition) is 15. The Labute approximate surface area is 254 Å². The Morgan fingerprint density at radius 3 is 2.63 bits per heavy atom. The molecule has 0 aliphatic carbocycles. The van der Waals surface area contributed by atoms with Crippen LogP contribution in [0.3, 0.4) is 0 Å². The van der Waals surface area contributed by atoms with Gasteiger partial charge in [-0.05, 0) is 26.3 Å². The van der Waals surface area contributed by atoms with E-state index in [2.05, 4.69) is 21.8 Å². The van der Waals surface area contributed by atoms with Crippen molar-refractivity contribution in [3.63, 3.8) is 0 Å². The van der Waals surface area contributed by atoms with Crippen molar-refractivity contribution in [3.8, 4) is 0 Å². The Morgan fingerprint density at radius 1 is 1.33 bits per heavy atom. The van der Waals surface area contributed by atoms with Crippen molar-refractivity contribution >= 4 is 36.4 Å². The number of nitrogens with one attached hydrogen (secondary N) is 1. The number of nitrogens with zero attached hydrogens (tertiary/aromatic N) is 3. The first-order valence-electron chi connectivity index (χ1n) is 13.3. The van der Waals surface area contributed by atoms with E-state index in [9.17, 15) is 24.7 Å². The van der Waals surface area contributed by atoms with Crippen molar-refractivity contribution in [2.24, 2.45) is 32.7 Å². The smallest absolute Gasteiger partial charge is 0.403 e. The quantitative estimate of drug-likeness (QED) is 0.107. The number of benzene rings is 1. The fraction of sp³-hybridized carbons (Fsp3) is 0.500. The molecular formula is C26H40N7O8PS. The number of aliphatic hydroxyl groups excluding tert-OH is 2. The van der Waals surface area contributed by atoms with E-state index in [0.29, 0.717) is 0 Å². The van der Waals surface area contributed by atoms with Crippen LogP contribution >= 0.6 is 19.5 Å². The molecule has 17 heteroatoms. The second-order valence-corrected chi connectivity index (χ2v) is 13.6. The van der Waals surface area contributed by atoms with E-state index < -0.39 is 43.7 Å². The van der Waals surface area contributed by atoms with Gasteiger partial charge < -0.3 is 37.3 Å². The molecule has 0 bridgehead atoms. The van der Waals surface area contributed by atoms with Crippen LogP contribution in [-0.2, 0) is 29.7 Å². The molecule has 2 unspecified atom stereocenters. The van der Waals surface area contributed by atoms with Gasteiger partial charge in [0.05, 0.1) is 30.9 Å². The largest absolute Gasteiger partial charge is 0.405 e. The van der Waals surface area contributed by atoms with Crippen LogP contribution in [0.25, 0.3) is 0 Å². The summed E-state index contributed by atoms with van der Waals surface area (Å²) in [5.74, 6) is -0.0837. The second kappa shape index (κ2) is 14.3. The normalized spacial score (nSPS) is 26.2. The highest BCUT2D eigenvalue weighted by atomic mass is 32.2. The van der Waals surface area contributed by atoms with Crippen molar-refractivity contribution in [2.75, 3.05) is 25.6 Å². The van der Waals surface area contributed by atoms with Gasteiger partial charge in [0, 0.05) is 18.5 Å². The van der Waals surface area contributed by atoms with Gasteiger partial charge in [0.2, 0.25) is 5.96 Å². The molecule has 2 heterocycles. The van der Waals surface area contributed by atoms with Crippen molar-refractivity contribution < 1.29 is 38.5 Å². The molecule has 238 valence electrons. The van der Waals surface area contributed by atoms with E-state index in [1.54, 1.807) is 13.8 Å². The molecule has 1 saturated heterocycles. The van der Waals surface area contributed by atoms with Gasteiger partial charge >= 0.3 is 7.75 Å². The molecule has 0 spiro atoms. The summed E-state index contributed by atoms with van der Waals surface area (Å²) in [6.45, 7) is 7.57. The summed E-state index contributed by atoms with van der Waals surface area (Å²) in [6, 6.07) is 9.10. The van der Waals surface area contributed by atoms with Crippen molar-refractivity contribution in [1.82, 2.24) is 10.1 Å². The number of ether oxygens (including phenoxy) is 1. The van der Waals surface area contributed by atoms with Crippen LogP contribution < -0.4 is 22.3 Å². The number of hydrogen-bond donors (Lipinski definition) is 7. The van der Waals surface area contributed by atoms with E-state index in [1.165, 1.54) is 6.92 Å². The molecule has 15 nitrogen and oxygen atoms in total. The zero-order valence-corrected chi connectivity index (χ0v) is 26.0. The summed E-state index contributed by atoms with van der Waals surface area (Å²) in [5, 5.41) is 39.4. The minimum atomic E-state index is -4.05. The first-order chi connectivity index (χ1) is 20.1. The van der Waals surface area contributed by atoms with Gasteiger partial charge in [-0.2, -0.15) is 4.99 Å². The number of thioether (sulfide) groups is 1. The second-order valence-electron chi connectivity index (χ2n) is 10.7. The number of amidine groups is 1. The average molecular weight is 642 g/mol.